The molecule has 0 spiro atoms. The van der Waals surface area contributed by atoms with Crippen molar-refractivity contribution in [3.8, 4) is 0 Å². The van der Waals surface area contributed by atoms with Crippen molar-refractivity contribution in [1.82, 2.24) is 5.32 Å². The quantitative estimate of drug-likeness (QED) is 0.850. The number of thioether (sulfide) groups is 1. The van der Waals surface area contributed by atoms with Gasteiger partial charge in [0.2, 0.25) is 5.91 Å². The lowest BCUT2D eigenvalue weighted by Gasteiger charge is -2.11. The number of hydrogen-bond acceptors (Lipinski definition) is 2. The molecule has 0 saturated heterocycles. The fourth-order valence-electron chi connectivity index (χ4n) is 1.42. The van der Waals surface area contributed by atoms with E-state index in [-0.39, 0.29) is 11.2 Å². The van der Waals surface area contributed by atoms with Gasteiger partial charge in [-0.15, -0.1) is 11.8 Å². The molecule has 1 N–H and O–H groups in total. The molecule has 1 aliphatic carbocycles. The molecule has 86 valence electrons. The van der Waals surface area contributed by atoms with Crippen molar-refractivity contribution in [2.45, 2.75) is 36.8 Å². The van der Waals surface area contributed by atoms with Crippen molar-refractivity contribution < 1.29 is 4.79 Å². The molecule has 0 aromatic heterocycles. The third-order valence-electron chi connectivity index (χ3n) is 2.64. The van der Waals surface area contributed by atoms with Crippen LogP contribution < -0.4 is 5.32 Å². The Hall–Kier alpha value is -0.960. The van der Waals surface area contributed by atoms with Gasteiger partial charge in [-0.05, 0) is 25.3 Å². The van der Waals surface area contributed by atoms with E-state index >= 15 is 0 Å². The molecule has 2 rings (SSSR count). The predicted molar refractivity (Wildman–Crippen MR) is 68.4 cm³/mol. The minimum absolute atomic E-state index is 0.0424. The van der Waals surface area contributed by atoms with Crippen LogP contribution in [0.3, 0.4) is 0 Å². The van der Waals surface area contributed by atoms with Crippen molar-refractivity contribution in [2.24, 2.45) is 0 Å². The van der Waals surface area contributed by atoms with Gasteiger partial charge in [0.05, 0.1) is 5.25 Å². The Kier molecular flexibility index (Phi) is 3.88. The van der Waals surface area contributed by atoms with E-state index in [1.807, 2.05) is 25.1 Å². The first-order valence-electron chi connectivity index (χ1n) is 5.71. The Morgan fingerprint density at radius 1 is 1.44 bits per heavy atom. The van der Waals surface area contributed by atoms with Gasteiger partial charge < -0.3 is 5.32 Å². The fraction of sp³-hybridized carbons (Fsp3) is 0.462. The maximum atomic E-state index is 11.7. The molecular formula is C13H17NOS. The summed E-state index contributed by atoms with van der Waals surface area (Å²) >= 11 is 1.70. The lowest BCUT2D eigenvalue weighted by atomic mass is 10.2. The van der Waals surface area contributed by atoms with Crippen LogP contribution in [0.25, 0.3) is 0 Å². The van der Waals surface area contributed by atoms with Gasteiger partial charge in [0, 0.05) is 11.8 Å². The highest BCUT2D eigenvalue weighted by Gasteiger charge is 2.25. The zero-order valence-corrected chi connectivity index (χ0v) is 10.3. The Bertz CT molecular complexity index is 348. The molecule has 0 aliphatic heterocycles. The highest BCUT2D eigenvalue weighted by Crippen LogP contribution is 2.22. The minimum Gasteiger partial charge on any atom is -0.352 e. The molecule has 0 bridgehead atoms. The van der Waals surface area contributed by atoms with E-state index in [1.54, 1.807) is 11.8 Å². The average molecular weight is 235 g/mol. The second kappa shape index (κ2) is 5.39. The van der Waals surface area contributed by atoms with E-state index in [0.29, 0.717) is 6.04 Å². The maximum absolute atomic E-state index is 11.7. The lowest BCUT2D eigenvalue weighted by molar-refractivity contribution is -0.120. The third-order valence-corrected chi connectivity index (χ3v) is 3.85. The second-order valence-corrected chi connectivity index (χ2v) is 5.55. The van der Waals surface area contributed by atoms with E-state index in [4.69, 9.17) is 0 Å². The Labute approximate surface area is 101 Å². The van der Waals surface area contributed by atoms with Gasteiger partial charge in [0.1, 0.15) is 0 Å². The van der Waals surface area contributed by atoms with Crippen LogP contribution in [0.2, 0.25) is 0 Å². The SMILES string of the molecule is CC(SCc1ccccc1)C(=O)NC1CC1. The predicted octanol–water partition coefficient (Wildman–Crippen LogP) is 2.59. The van der Waals surface area contributed by atoms with Crippen LogP contribution in [0.5, 0.6) is 0 Å². The zero-order chi connectivity index (χ0) is 11.4. The van der Waals surface area contributed by atoms with E-state index in [2.05, 4.69) is 17.4 Å². The topological polar surface area (TPSA) is 29.1 Å². The van der Waals surface area contributed by atoms with Crippen LogP contribution in [0, 0.1) is 0 Å². The summed E-state index contributed by atoms with van der Waals surface area (Å²) in [6.07, 6.45) is 2.31. The third kappa shape index (κ3) is 3.56. The summed E-state index contributed by atoms with van der Waals surface area (Å²) in [4.78, 5) is 11.7. The molecule has 1 aliphatic rings. The number of amides is 1. The first kappa shape index (κ1) is 11.5. The van der Waals surface area contributed by atoms with Gasteiger partial charge >= 0.3 is 0 Å². The van der Waals surface area contributed by atoms with Gasteiger partial charge in [-0.1, -0.05) is 30.3 Å². The molecule has 3 heteroatoms. The smallest absolute Gasteiger partial charge is 0.233 e. The highest BCUT2D eigenvalue weighted by atomic mass is 32.2. The number of benzene rings is 1. The fourth-order valence-corrected chi connectivity index (χ4v) is 2.27. The number of carbonyl (C=O) groups excluding carboxylic acids is 1. The molecule has 1 unspecified atom stereocenters. The van der Waals surface area contributed by atoms with E-state index in [1.165, 1.54) is 5.56 Å². The van der Waals surface area contributed by atoms with E-state index in [9.17, 15) is 4.79 Å². The molecule has 16 heavy (non-hydrogen) atoms. The van der Waals surface area contributed by atoms with Gasteiger partial charge in [0.25, 0.3) is 0 Å². The summed E-state index contributed by atoms with van der Waals surface area (Å²) in [7, 11) is 0. The second-order valence-electron chi connectivity index (χ2n) is 4.22. The van der Waals surface area contributed by atoms with Crippen molar-refractivity contribution in [3.63, 3.8) is 0 Å². The molecular weight excluding hydrogens is 218 g/mol. The molecule has 2 nitrogen and oxygen atoms in total. The van der Waals surface area contributed by atoms with Crippen molar-refractivity contribution in [1.29, 1.82) is 0 Å². The van der Waals surface area contributed by atoms with Crippen LogP contribution >= 0.6 is 11.8 Å². The maximum Gasteiger partial charge on any atom is 0.233 e. The monoisotopic (exact) mass is 235 g/mol. The molecule has 1 fully saturated rings. The molecule has 0 radical (unpaired) electrons. The molecule has 1 saturated carbocycles. The molecule has 1 atom stereocenters. The molecule has 0 heterocycles. The summed E-state index contributed by atoms with van der Waals surface area (Å²) in [6, 6.07) is 10.7. The standard InChI is InChI=1S/C13H17NOS/c1-10(13(15)14-12-7-8-12)16-9-11-5-3-2-4-6-11/h2-6,10,12H,7-9H2,1H3,(H,14,15). The van der Waals surface area contributed by atoms with Crippen molar-refractivity contribution >= 4 is 17.7 Å². The van der Waals surface area contributed by atoms with E-state index < -0.39 is 0 Å². The van der Waals surface area contributed by atoms with Crippen LogP contribution in [-0.4, -0.2) is 17.2 Å². The van der Waals surface area contributed by atoms with Crippen LogP contribution in [0.1, 0.15) is 25.3 Å². The van der Waals surface area contributed by atoms with Crippen LogP contribution in [0.4, 0.5) is 0 Å². The van der Waals surface area contributed by atoms with Gasteiger partial charge in [-0.2, -0.15) is 0 Å². The summed E-state index contributed by atoms with van der Waals surface area (Å²) < 4.78 is 0. The average Bonchev–Trinajstić information content (AvgIpc) is 3.11. The summed E-state index contributed by atoms with van der Waals surface area (Å²) in [5.74, 6) is 1.09. The molecule has 1 aromatic rings. The molecule has 1 amide bonds. The largest absolute Gasteiger partial charge is 0.352 e. The first-order valence-corrected chi connectivity index (χ1v) is 6.76. The van der Waals surface area contributed by atoms with Crippen molar-refractivity contribution in [2.75, 3.05) is 0 Å². The number of carbonyl (C=O) groups is 1. The minimum atomic E-state index is 0.0424. The van der Waals surface area contributed by atoms with Gasteiger partial charge in [-0.25, -0.2) is 0 Å². The summed E-state index contributed by atoms with van der Waals surface area (Å²) in [6.45, 7) is 1.98. The van der Waals surface area contributed by atoms with Gasteiger partial charge in [0.15, 0.2) is 0 Å². The van der Waals surface area contributed by atoms with Crippen molar-refractivity contribution in [3.05, 3.63) is 35.9 Å². The molecule has 1 aromatic carbocycles. The number of rotatable bonds is 5. The highest BCUT2D eigenvalue weighted by molar-refractivity contribution is 7.99. The Morgan fingerprint density at radius 2 is 2.12 bits per heavy atom. The number of nitrogens with one attached hydrogen (secondary N) is 1. The van der Waals surface area contributed by atoms with Gasteiger partial charge in [-0.3, -0.25) is 4.79 Å². The Morgan fingerprint density at radius 3 is 2.75 bits per heavy atom. The van der Waals surface area contributed by atoms with Crippen LogP contribution in [0.15, 0.2) is 30.3 Å². The summed E-state index contributed by atoms with van der Waals surface area (Å²) in [5.41, 5.74) is 1.28. The zero-order valence-electron chi connectivity index (χ0n) is 9.48. The normalized spacial score (nSPS) is 16.8. The van der Waals surface area contributed by atoms with Crippen LogP contribution in [-0.2, 0) is 10.5 Å². The summed E-state index contributed by atoms with van der Waals surface area (Å²) in [5, 5.41) is 3.07. The van der Waals surface area contributed by atoms with E-state index in [0.717, 1.165) is 18.6 Å². The first-order chi connectivity index (χ1) is 7.75. The number of hydrogen-bond donors (Lipinski definition) is 1. The lowest BCUT2D eigenvalue weighted by Crippen LogP contribution is -2.32. The Balaban J connectivity index is 1.74.